The molecule has 0 N–H and O–H groups in total. The van der Waals surface area contributed by atoms with Crippen LogP contribution in [0.5, 0.6) is 0 Å². The van der Waals surface area contributed by atoms with Crippen molar-refractivity contribution in [2.75, 3.05) is 6.79 Å². The lowest BCUT2D eigenvalue weighted by molar-refractivity contribution is 0.0812. The standard InChI is InChI=1S/C3H4O3P/c4-7-2-1-5-3-6-7/h1-2H,3H2/q+1. The van der Waals surface area contributed by atoms with E-state index >= 15 is 0 Å². The lowest BCUT2D eigenvalue weighted by Gasteiger charge is -1.92. The summed E-state index contributed by atoms with van der Waals surface area (Å²) < 4.78 is 19.3. The Morgan fingerprint density at radius 2 is 2.57 bits per heavy atom. The van der Waals surface area contributed by atoms with Gasteiger partial charge in [0.2, 0.25) is 12.6 Å². The summed E-state index contributed by atoms with van der Waals surface area (Å²) in [5.41, 5.74) is 0. The van der Waals surface area contributed by atoms with Crippen molar-refractivity contribution in [3.8, 4) is 0 Å². The SMILES string of the molecule is O=[P+]1C=COCO1. The molecular formula is C3H4O3P+. The molecule has 0 aromatic carbocycles. The summed E-state index contributed by atoms with van der Waals surface area (Å²) in [7, 11) is -1.55. The van der Waals surface area contributed by atoms with Crippen LogP contribution in [-0.2, 0) is 13.8 Å². The van der Waals surface area contributed by atoms with Crippen LogP contribution in [0.3, 0.4) is 0 Å². The Hall–Kier alpha value is -0.400. The third-order valence-electron chi connectivity index (χ3n) is 0.527. The maximum Gasteiger partial charge on any atom is 0.547 e. The minimum absolute atomic E-state index is 0.117. The van der Waals surface area contributed by atoms with E-state index in [0.29, 0.717) is 0 Å². The van der Waals surface area contributed by atoms with Crippen LogP contribution < -0.4 is 0 Å². The first kappa shape index (κ1) is 4.75. The molecule has 3 nitrogen and oxygen atoms in total. The maximum atomic E-state index is 10.2. The molecule has 0 aliphatic carbocycles. The van der Waals surface area contributed by atoms with Crippen molar-refractivity contribution < 1.29 is 13.8 Å². The molecular weight excluding hydrogens is 115 g/mol. The molecule has 0 aromatic heterocycles. The van der Waals surface area contributed by atoms with Crippen molar-refractivity contribution in [3.63, 3.8) is 0 Å². The highest BCUT2D eigenvalue weighted by Gasteiger charge is 2.15. The normalized spacial score (nSPS) is 24.3. The zero-order valence-electron chi connectivity index (χ0n) is 3.53. The molecule has 38 valence electrons. The van der Waals surface area contributed by atoms with Crippen molar-refractivity contribution in [1.29, 1.82) is 0 Å². The van der Waals surface area contributed by atoms with Crippen molar-refractivity contribution >= 4 is 8.03 Å². The molecule has 1 heterocycles. The molecule has 0 aromatic rings. The first-order chi connectivity index (χ1) is 3.39. The molecule has 0 saturated heterocycles. The molecule has 1 aliphatic rings. The van der Waals surface area contributed by atoms with Crippen LogP contribution in [0.15, 0.2) is 12.1 Å². The van der Waals surface area contributed by atoms with Crippen LogP contribution in [-0.4, -0.2) is 6.79 Å². The average molecular weight is 119 g/mol. The minimum atomic E-state index is -1.55. The minimum Gasteiger partial charge on any atom is -0.466 e. The van der Waals surface area contributed by atoms with Gasteiger partial charge in [0.15, 0.2) is 0 Å². The Bertz CT molecular complexity index is 109. The van der Waals surface area contributed by atoms with E-state index in [-0.39, 0.29) is 6.79 Å². The molecule has 7 heavy (non-hydrogen) atoms. The first-order valence-electron chi connectivity index (χ1n) is 1.77. The highest BCUT2D eigenvalue weighted by atomic mass is 31.1. The van der Waals surface area contributed by atoms with E-state index in [1.165, 1.54) is 12.1 Å². The second-order valence-electron chi connectivity index (χ2n) is 0.984. The first-order valence-corrected chi connectivity index (χ1v) is 3.02. The van der Waals surface area contributed by atoms with Gasteiger partial charge in [-0.05, 0) is 4.57 Å². The lowest BCUT2D eigenvalue weighted by atomic mass is 11.1. The van der Waals surface area contributed by atoms with Crippen LogP contribution in [0, 0.1) is 0 Å². The fourth-order valence-electron chi connectivity index (χ4n) is 0.257. The van der Waals surface area contributed by atoms with Gasteiger partial charge in [-0.15, -0.1) is 4.52 Å². The fourth-order valence-corrected chi connectivity index (χ4v) is 0.694. The molecule has 0 fully saturated rings. The van der Waals surface area contributed by atoms with Gasteiger partial charge in [-0.3, -0.25) is 0 Å². The molecule has 1 atom stereocenters. The summed E-state index contributed by atoms with van der Waals surface area (Å²) in [6.07, 6.45) is 1.38. The van der Waals surface area contributed by atoms with Crippen LogP contribution in [0.25, 0.3) is 0 Å². The van der Waals surface area contributed by atoms with Crippen LogP contribution >= 0.6 is 8.03 Å². The Morgan fingerprint density at radius 3 is 2.86 bits per heavy atom. The second kappa shape index (κ2) is 2.05. The molecule has 1 aliphatic heterocycles. The molecule has 1 rings (SSSR count). The van der Waals surface area contributed by atoms with Gasteiger partial charge in [-0.25, -0.2) is 0 Å². The van der Waals surface area contributed by atoms with E-state index in [1.807, 2.05) is 0 Å². The topological polar surface area (TPSA) is 35.5 Å². The number of hydrogen-bond acceptors (Lipinski definition) is 3. The number of rotatable bonds is 0. The van der Waals surface area contributed by atoms with E-state index < -0.39 is 8.03 Å². The molecule has 0 saturated carbocycles. The van der Waals surface area contributed by atoms with Crippen molar-refractivity contribution in [1.82, 2.24) is 0 Å². The Labute approximate surface area is 41.8 Å². The van der Waals surface area contributed by atoms with E-state index in [4.69, 9.17) is 0 Å². The van der Waals surface area contributed by atoms with Gasteiger partial charge in [-0.1, -0.05) is 0 Å². The average Bonchev–Trinajstić information content (AvgIpc) is 1.69. The zero-order valence-corrected chi connectivity index (χ0v) is 4.43. The Balaban J connectivity index is 2.51. The highest BCUT2D eigenvalue weighted by molar-refractivity contribution is 7.42. The maximum absolute atomic E-state index is 10.2. The lowest BCUT2D eigenvalue weighted by Crippen LogP contribution is -1.90. The summed E-state index contributed by atoms with van der Waals surface area (Å²) in [6.45, 7) is 0.117. The van der Waals surface area contributed by atoms with Gasteiger partial charge in [-0.2, -0.15) is 0 Å². The van der Waals surface area contributed by atoms with Gasteiger partial charge in [0.1, 0.15) is 6.26 Å². The van der Waals surface area contributed by atoms with E-state index in [9.17, 15) is 4.57 Å². The molecule has 0 bridgehead atoms. The monoisotopic (exact) mass is 119 g/mol. The summed E-state index contributed by atoms with van der Waals surface area (Å²) in [5, 5.41) is 0. The van der Waals surface area contributed by atoms with Crippen LogP contribution in [0.1, 0.15) is 0 Å². The largest absolute Gasteiger partial charge is 0.547 e. The van der Waals surface area contributed by atoms with Crippen LogP contribution in [0.4, 0.5) is 0 Å². The summed E-state index contributed by atoms with van der Waals surface area (Å²) in [4.78, 5) is 0. The second-order valence-corrected chi connectivity index (χ2v) is 2.11. The predicted molar refractivity (Wildman–Crippen MR) is 23.8 cm³/mol. The quantitative estimate of drug-likeness (QED) is 0.449. The zero-order chi connectivity index (χ0) is 5.11. The van der Waals surface area contributed by atoms with Crippen molar-refractivity contribution in [3.05, 3.63) is 12.1 Å². The predicted octanol–water partition coefficient (Wildman–Crippen LogP) is 1.20. The van der Waals surface area contributed by atoms with E-state index in [2.05, 4.69) is 9.26 Å². The molecule has 4 heteroatoms. The fraction of sp³-hybridized carbons (Fsp3) is 0.333. The molecule has 1 unspecified atom stereocenters. The third-order valence-corrected chi connectivity index (χ3v) is 1.25. The summed E-state index contributed by atoms with van der Waals surface area (Å²) >= 11 is 0. The number of ether oxygens (including phenoxy) is 1. The molecule has 0 radical (unpaired) electrons. The van der Waals surface area contributed by atoms with Gasteiger partial charge in [0, 0.05) is 0 Å². The third kappa shape index (κ3) is 1.26. The molecule has 0 amide bonds. The van der Waals surface area contributed by atoms with Crippen molar-refractivity contribution in [2.45, 2.75) is 0 Å². The van der Waals surface area contributed by atoms with Gasteiger partial charge < -0.3 is 4.74 Å². The van der Waals surface area contributed by atoms with Gasteiger partial charge in [0.05, 0.1) is 0 Å². The van der Waals surface area contributed by atoms with Crippen LogP contribution in [0.2, 0.25) is 0 Å². The summed E-state index contributed by atoms with van der Waals surface area (Å²) in [6, 6.07) is 0. The summed E-state index contributed by atoms with van der Waals surface area (Å²) in [5.74, 6) is 1.37. The van der Waals surface area contributed by atoms with E-state index in [0.717, 1.165) is 0 Å². The Morgan fingerprint density at radius 1 is 1.71 bits per heavy atom. The van der Waals surface area contributed by atoms with Crippen molar-refractivity contribution in [2.24, 2.45) is 0 Å². The van der Waals surface area contributed by atoms with Gasteiger partial charge >= 0.3 is 8.03 Å². The highest BCUT2D eigenvalue weighted by Crippen LogP contribution is 2.26. The van der Waals surface area contributed by atoms with Gasteiger partial charge in [0.25, 0.3) is 0 Å². The smallest absolute Gasteiger partial charge is 0.466 e. The Kier molecular flexibility index (Phi) is 1.39. The molecule has 0 spiro atoms. The van der Waals surface area contributed by atoms with E-state index in [1.54, 1.807) is 0 Å². The number of hydrogen-bond donors (Lipinski definition) is 0.